The first-order valence-corrected chi connectivity index (χ1v) is 4.12. The summed E-state index contributed by atoms with van der Waals surface area (Å²) in [7, 11) is 0. The third-order valence-electron chi connectivity index (χ3n) is 1.25. The van der Waals surface area contributed by atoms with Crippen LogP contribution in [0.15, 0.2) is 73.8 Å². The smallest absolute Gasteiger partial charge is 0.0311 e. The fraction of sp³-hybridized carbons (Fsp3) is 0. The summed E-state index contributed by atoms with van der Waals surface area (Å²) >= 11 is 0. The summed E-state index contributed by atoms with van der Waals surface area (Å²) in [6.07, 6.45) is 8.65. The van der Waals surface area contributed by atoms with Crippen LogP contribution in [0.5, 0.6) is 0 Å². The molecule has 0 spiro atoms. The van der Waals surface area contributed by atoms with Crippen molar-refractivity contribution >= 4 is 0 Å². The highest BCUT2D eigenvalue weighted by Crippen LogP contribution is 1.96. The van der Waals surface area contributed by atoms with Gasteiger partial charge < -0.3 is 11.1 Å². The van der Waals surface area contributed by atoms with Crippen molar-refractivity contribution in [1.82, 2.24) is 5.32 Å². The van der Waals surface area contributed by atoms with Crippen molar-refractivity contribution in [3.05, 3.63) is 73.8 Å². The van der Waals surface area contributed by atoms with E-state index < -0.39 is 0 Å². The number of hydrogen-bond donors (Lipinski definition) is 2. The molecule has 0 radical (unpaired) electrons. The molecule has 0 aromatic rings. The second kappa shape index (κ2) is 6.54. The Bertz CT molecular complexity index is 306. The molecule has 0 atom stereocenters. The van der Waals surface area contributed by atoms with Crippen molar-refractivity contribution in [2.24, 2.45) is 5.73 Å². The molecule has 3 N–H and O–H groups in total. The molecule has 14 heavy (non-hydrogen) atoms. The number of rotatable bonds is 6. The minimum atomic E-state index is 0.486. The fourth-order valence-electron chi connectivity index (χ4n) is 0.681. The second-order valence-corrected chi connectivity index (χ2v) is 2.68. The summed E-state index contributed by atoms with van der Waals surface area (Å²) < 4.78 is 0. The average Bonchev–Trinajstić information content (AvgIpc) is 2.11. The standard InChI is InChI=1S/C12H16N2/c1-5-6-7-11(3)14-12(4)9-8-10(2)13/h5-9,14H,1-4,13H2/b7-6-,9-8-. The van der Waals surface area contributed by atoms with E-state index in [1.165, 1.54) is 0 Å². The van der Waals surface area contributed by atoms with Gasteiger partial charge in [-0.2, -0.15) is 0 Å². The van der Waals surface area contributed by atoms with E-state index in [-0.39, 0.29) is 0 Å². The van der Waals surface area contributed by atoms with E-state index in [0.29, 0.717) is 11.4 Å². The van der Waals surface area contributed by atoms with Crippen molar-refractivity contribution < 1.29 is 0 Å². The monoisotopic (exact) mass is 188 g/mol. The Morgan fingerprint density at radius 2 is 1.57 bits per heavy atom. The van der Waals surface area contributed by atoms with E-state index in [1.54, 1.807) is 30.4 Å². The highest BCUT2D eigenvalue weighted by Gasteiger charge is 1.87. The Hall–Kier alpha value is -1.96. The molecule has 0 rings (SSSR count). The van der Waals surface area contributed by atoms with Crippen LogP contribution in [-0.2, 0) is 0 Å². The van der Waals surface area contributed by atoms with Crippen LogP contribution in [0.3, 0.4) is 0 Å². The molecule has 0 aliphatic carbocycles. The molecule has 2 heteroatoms. The van der Waals surface area contributed by atoms with Gasteiger partial charge in [-0.1, -0.05) is 38.5 Å². The maximum absolute atomic E-state index is 5.35. The molecule has 0 aromatic heterocycles. The summed E-state index contributed by atoms with van der Waals surface area (Å²) in [5.41, 5.74) is 7.28. The lowest BCUT2D eigenvalue weighted by atomic mass is 10.3. The molecule has 2 nitrogen and oxygen atoms in total. The van der Waals surface area contributed by atoms with E-state index in [9.17, 15) is 0 Å². The van der Waals surface area contributed by atoms with E-state index in [4.69, 9.17) is 5.73 Å². The lowest BCUT2D eigenvalue weighted by Crippen LogP contribution is -2.07. The van der Waals surface area contributed by atoms with Crippen molar-refractivity contribution in [1.29, 1.82) is 0 Å². The molecule has 0 fully saturated rings. The number of nitrogens with one attached hydrogen (secondary N) is 1. The van der Waals surface area contributed by atoms with Crippen molar-refractivity contribution in [3.63, 3.8) is 0 Å². The van der Waals surface area contributed by atoms with Gasteiger partial charge in [-0.25, -0.2) is 0 Å². The first-order chi connectivity index (χ1) is 6.56. The molecule has 0 bridgehead atoms. The van der Waals surface area contributed by atoms with E-state index >= 15 is 0 Å². The number of allylic oxidation sites excluding steroid dienone is 5. The zero-order valence-corrected chi connectivity index (χ0v) is 8.29. The van der Waals surface area contributed by atoms with Gasteiger partial charge in [0.1, 0.15) is 0 Å². The van der Waals surface area contributed by atoms with Gasteiger partial charge in [0.25, 0.3) is 0 Å². The maximum Gasteiger partial charge on any atom is 0.0311 e. The molecule has 0 saturated heterocycles. The average molecular weight is 188 g/mol. The van der Waals surface area contributed by atoms with Gasteiger partial charge >= 0.3 is 0 Å². The third kappa shape index (κ3) is 6.73. The minimum Gasteiger partial charge on any atom is -0.399 e. The van der Waals surface area contributed by atoms with Crippen LogP contribution < -0.4 is 11.1 Å². The topological polar surface area (TPSA) is 38.0 Å². The van der Waals surface area contributed by atoms with Gasteiger partial charge in [-0.15, -0.1) is 0 Å². The van der Waals surface area contributed by atoms with Crippen LogP contribution in [0.25, 0.3) is 0 Å². The molecular formula is C12H16N2. The van der Waals surface area contributed by atoms with Crippen LogP contribution in [0.2, 0.25) is 0 Å². The summed E-state index contributed by atoms with van der Waals surface area (Å²) in [4.78, 5) is 0. The van der Waals surface area contributed by atoms with Gasteiger partial charge in [0.05, 0.1) is 0 Å². The zero-order valence-electron chi connectivity index (χ0n) is 8.29. The molecule has 0 aromatic carbocycles. The zero-order chi connectivity index (χ0) is 11.0. The molecule has 0 amide bonds. The first-order valence-electron chi connectivity index (χ1n) is 4.12. The minimum absolute atomic E-state index is 0.486. The summed E-state index contributed by atoms with van der Waals surface area (Å²) in [5.74, 6) is 0. The van der Waals surface area contributed by atoms with Crippen LogP contribution in [0.1, 0.15) is 0 Å². The molecule has 0 aliphatic rings. The number of nitrogens with two attached hydrogens (primary N) is 1. The highest BCUT2D eigenvalue weighted by molar-refractivity contribution is 5.27. The maximum atomic E-state index is 5.35. The summed E-state index contributed by atoms with van der Waals surface area (Å²) in [5, 5.41) is 2.96. The normalized spacial score (nSPS) is 10.3. The van der Waals surface area contributed by atoms with Crippen molar-refractivity contribution in [2.75, 3.05) is 0 Å². The number of hydrogen-bond acceptors (Lipinski definition) is 2. The Balaban J connectivity index is 4.07. The lowest BCUT2D eigenvalue weighted by molar-refractivity contribution is 1.06. The van der Waals surface area contributed by atoms with Gasteiger partial charge in [0.15, 0.2) is 0 Å². The van der Waals surface area contributed by atoms with E-state index in [0.717, 1.165) is 5.70 Å². The molecule has 74 valence electrons. The van der Waals surface area contributed by atoms with Gasteiger partial charge in [0.2, 0.25) is 0 Å². The molecule has 0 unspecified atom stereocenters. The van der Waals surface area contributed by atoms with Gasteiger partial charge in [0, 0.05) is 17.1 Å². The Morgan fingerprint density at radius 3 is 2.07 bits per heavy atom. The largest absolute Gasteiger partial charge is 0.399 e. The third-order valence-corrected chi connectivity index (χ3v) is 1.25. The van der Waals surface area contributed by atoms with E-state index in [1.807, 2.05) is 0 Å². The predicted octanol–water partition coefficient (Wildman–Crippen LogP) is 2.37. The molecule has 0 heterocycles. The summed E-state index contributed by atoms with van der Waals surface area (Å²) in [6.45, 7) is 14.6. The SMILES string of the molecule is C=C/C=C\C(=C)NC(=C)/C=C\C(=C)N. The Labute approximate surface area is 85.5 Å². The van der Waals surface area contributed by atoms with E-state index in [2.05, 4.69) is 31.6 Å². The van der Waals surface area contributed by atoms with Gasteiger partial charge in [-0.3, -0.25) is 0 Å². The van der Waals surface area contributed by atoms with Crippen molar-refractivity contribution in [3.8, 4) is 0 Å². The van der Waals surface area contributed by atoms with Crippen LogP contribution in [0.4, 0.5) is 0 Å². The van der Waals surface area contributed by atoms with Crippen molar-refractivity contribution in [2.45, 2.75) is 0 Å². The fourth-order valence-corrected chi connectivity index (χ4v) is 0.681. The lowest BCUT2D eigenvalue weighted by Gasteiger charge is -2.04. The van der Waals surface area contributed by atoms with Crippen LogP contribution in [0, 0.1) is 0 Å². The Morgan fingerprint density at radius 1 is 1.00 bits per heavy atom. The van der Waals surface area contributed by atoms with Crippen LogP contribution in [-0.4, -0.2) is 0 Å². The summed E-state index contributed by atoms with van der Waals surface area (Å²) in [6, 6.07) is 0. The highest BCUT2D eigenvalue weighted by atomic mass is 14.9. The molecule has 0 saturated carbocycles. The first kappa shape index (κ1) is 12.0. The Kier molecular flexibility index (Phi) is 5.63. The van der Waals surface area contributed by atoms with Gasteiger partial charge in [-0.05, 0) is 18.2 Å². The van der Waals surface area contributed by atoms with Crippen LogP contribution >= 0.6 is 0 Å². The quantitative estimate of drug-likeness (QED) is 0.628. The molecule has 0 aliphatic heterocycles. The second-order valence-electron chi connectivity index (χ2n) is 2.68. The molecular weight excluding hydrogens is 172 g/mol. The predicted molar refractivity (Wildman–Crippen MR) is 63.2 cm³/mol.